The number of fused-ring (bicyclic) bond motifs is 7. The third-order valence-corrected chi connectivity index (χ3v) is 11.9. The number of rotatable bonds is 1. The Labute approximate surface area is 244 Å². The van der Waals surface area contributed by atoms with E-state index in [1.54, 1.807) is 0 Å². The average Bonchev–Trinajstić information content (AvgIpc) is 2.88. The summed E-state index contributed by atoms with van der Waals surface area (Å²) in [5, 5.41) is 12.1. The minimum Gasteiger partial charge on any atom is -0.343 e. The number of nitriles is 1. The monoisotopic (exact) mass is 578 g/mol. The lowest BCUT2D eigenvalue weighted by Gasteiger charge is -2.67. The van der Waals surface area contributed by atoms with Crippen LogP contribution in [0.15, 0.2) is 11.6 Å². The summed E-state index contributed by atoms with van der Waals surface area (Å²) in [6.07, 6.45) is 1.58. The van der Waals surface area contributed by atoms with Gasteiger partial charge in [0.25, 0.3) is 0 Å². The molecule has 1 N–H and O–H groups in total. The number of alkyl halides is 3. The largest absolute Gasteiger partial charge is 0.471 e. The molecule has 5 aliphatic rings. The first kappa shape index (κ1) is 33.3. The highest BCUT2D eigenvalue weighted by molar-refractivity contribution is 6.01. The van der Waals surface area contributed by atoms with Crippen LogP contribution in [-0.4, -0.2) is 29.2 Å². The molecular weight excluding hydrogens is 529 g/mol. The first-order valence-corrected chi connectivity index (χ1v) is 15.1. The highest BCUT2D eigenvalue weighted by atomic mass is 19.4. The number of hydrogen-bond donors (Lipinski definition) is 1. The highest BCUT2D eigenvalue weighted by Gasteiger charge is 2.67. The number of Topliss-reactive ketones (excluding diaryl/α,β-unsaturated/α-hetero) is 2. The van der Waals surface area contributed by atoms with Crippen LogP contribution in [-0.2, 0) is 14.4 Å². The van der Waals surface area contributed by atoms with Crippen molar-refractivity contribution >= 4 is 17.5 Å². The van der Waals surface area contributed by atoms with Crippen LogP contribution >= 0.6 is 0 Å². The van der Waals surface area contributed by atoms with Gasteiger partial charge in [0.05, 0.1) is 5.57 Å². The van der Waals surface area contributed by atoms with E-state index < -0.39 is 29.0 Å². The lowest BCUT2D eigenvalue weighted by molar-refractivity contribution is -0.189. The molecule has 8 heteroatoms. The van der Waals surface area contributed by atoms with Crippen LogP contribution in [0.2, 0.25) is 0 Å². The summed E-state index contributed by atoms with van der Waals surface area (Å²) in [6, 6.07) is 2.09. The molecule has 0 saturated heterocycles. The predicted molar refractivity (Wildman–Crippen MR) is 152 cm³/mol. The second-order valence-electron chi connectivity index (χ2n) is 14.3. The predicted octanol–water partition coefficient (Wildman–Crippen LogP) is 7.60. The SMILES string of the molecule is C.CC.CC1C(=O)C(C#N)=CC2(C)C1CCC1(C)C3CCC4(NC(=O)C(F)(F)F)CCC(C)(C)CC4C3C(=O)CC21. The van der Waals surface area contributed by atoms with E-state index in [-0.39, 0.29) is 65.0 Å². The van der Waals surface area contributed by atoms with Gasteiger partial charge < -0.3 is 5.32 Å². The summed E-state index contributed by atoms with van der Waals surface area (Å²) in [4.78, 5) is 39.2. The number of nitrogens with zero attached hydrogens (tertiary/aromatic N) is 1. The van der Waals surface area contributed by atoms with Crippen molar-refractivity contribution < 1.29 is 27.6 Å². The quantitative estimate of drug-likeness (QED) is 0.347. The third kappa shape index (κ3) is 5.07. The molecular formula is C33H49F3N2O3. The van der Waals surface area contributed by atoms with Crippen LogP contribution in [0.1, 0.15) is 107 Å². The molecule has 0 aliphatic heterocycles. The molecule has 0 bridgehead atoms. The van der Waals surface area contributed by atoms with Crippen molar-refractivity contribution in [3.05, 3.63) is 11.6 Å². The molecule has 230 valence electrons. The average molecular weight is 579 g/mol. The summed E-state index contributed by atoms with van der Waals surface area (Å²) in [6.45, 7) is 14.4. The molecule has 0 aromatic rings. The van der Waals surface area contributed by atoms with E-state index in [4.69, 9.17) is 0 Å². The molecule has 0 radical (unpaired) electrons. The minimum absolute atomic E-state index is 0. The molecule has 9 unspecified atom stereocenters. The van der Waals surface area contributed by atoms with Crippen molar-refractivity contribution in [2.75, 3.05) is 0 Å². The zero-order chi connectivity index (χ0) is 30.1. The maximum Gasteiger partial charge on any atom is 0.471 e. The van der Waals surface area contributed by atoms with Gasteiger partial charge in [0.2, 0.25) is 0 Å². The number of ketones is 2. The van der Waals surface area contributed by atoms with E-state index in [1.807, 2.05) is 26.8 Å². The molecule has 4 fully saturated rings. The molecule has 41 heavy (non-hydrogen) atoms. The molecule has 5 aliphatic carbocycles. The molecule has 0 aromatic carbocycles. The van der Waals surface area contributed by atoms with Crippen LogP contribution in [0.5, 0.6) is 0 Å². The first-order chi connectivity index (χ1) is 18.5. The van der Waals surface area contributed by atoms with Gasteiger partial charge in [-0.1, -0.05) is 62.0 Å². The van der Waals surface area contributed by atoms with Crippen molar-refractivity contribution in [1.82, 2.24) is 5.32 Å². The molecule has 9 atom stereocenters. The molecule has 1 amide bonds. The number of allylic oxidation sites excluding steroid dienone is 2. The third-order valence-electron chi connectivity index (χ3n) is 11.9. The summed E-state index contributed by atoms with van der Waals surface area (Å²) in [5.74, 6) is -2.98. The van der Waals surface area contributed by atoms with Gasteiger partial charge in [-0.2, -0.15) is 18.4 Å². The highest BCUT2D eigenvalue weighted by Crippen LogP contribution is 2.69. The standard InChI is InChI=1S/C30H39F3N2O3.C2H6.CH4/c1-16-18-6-8-27(4)19-7-9-29(35-25(38)30(31,32)33)11-10-26(2,3)14-20(29)23(19)21(36)12-22(27)28(18,5)13-17(15-34)24(16)37;1-2;/h13,16,18-20,22-23H,6-12,14H2,1-5H3,(H,35,38);1-2H3;1H4. The summed E-state index contributed by atoms with van der Waals surface area (Å²) >= 11 is 0. The number of hydrogen-bond acceptors (Lipinski definition) is 4. The Morgan fingerprint density at radius 2 is 1.61 bits per heavy atom. The minimum atomic E-state index is -4.97. The van der Waals surface area contributed by atoms with Gasteiger partial charge in [0.1, 0.15) is 11.9 Å². The van der Waals surface area contributed by atoms with Gasteiger partial charge >= 0.3 is 12.1 Å². The summed E-state index contributed by atoms with van der Waals surface area (Å²) in [7, 11) is 0. The van der Waals surface area contributed by atoms with Crippen LogP contribution < -0.4 is 5.32 Å². The summed E-state index contributed by atoms with van der Waals surface area (Å²) in [5.41, 5.74) is -1.70. The smallest absolute Gasteiger partial charge is 0.343 e. The van der Waals surface area contributed by atoms with Crippen LogP contribution in [0.3, 0.4) is 0 Å². The van der Waals surface area contributed by atoms with Crippen LogP contribution in [0.25, 0.3) is 0 Å². The zero-order valence-corrected chi connectivity index (χ0v) is 25.0. The fraction of sp³-hybridized carbons (Fsp3) is 0.818. The van der Waals surface area contributed by atoms with Crippen molar-refractivity contribution in [1.29, 1.82) is 5.26 Å². The van der Waals surface area contributed by atoms with Crippen molar-refractivity contribution in [3.8, 4) is 6.07 Å². The number of nitrogens with one attached hydrogen (secondary N) is 1. The van der Waals surface area contributed by atoms with Gasteiger partial charge in [-0.05, 0) is 84.9 Å². The van der Waals surface area contributed by atoms with Crippen LogP contribution in [0, 0.1) is 63.1 Å². The summed E-state index contributed by atoms with van der Waals surface area (Å²) < 4.78 is 40.2. The fourth-order valence-corrected chi connectivity index (χ4v) is 10.0. The number of carbonyl (C=O) groups excluding carboxylic acids is 3. The molecule has 0 spiro atoms. The normalized spacial score (nSPS) is 42.7. The Kier molecular flexibility index (Phi) is 8.81. The van der Waals surface area contributed by atoms with E-state index in [0.717, 1.165) is 12.8 Å². The number of carbonyl (C=O) groups is 3. The Bertz CT molecular complexity index is 1150. The van der Waals surface area contributed by atoms with E-state index in [9.17, 15) is 32.8 Å². The molecule has 0 aromatic heterocycles. The lowest BCUT2D eigenvalue weighted by Crippen LogP contribution is -2.69. The van der Waals surface area contributed by atoms with Crippen LogP contribution in [0.4, 0.5) is 13.2 Å². The van der Waals surface area contributed by atoms with Crippen molar-refractivity contribution in [3.63, 3.8) is 0 Å². The van der Waals surface area contributed by atoms with E-state index in [1.165, 1.54) is 0 Å². The second kappa shape index (κ2) is 10.8. The van der Waals surface area contributed by atoms with Gasteiger partial charge in [-0.15, -0.1) is 0 Å². The fourth-order valence-electron chi connectivity index (χ4n) is 10.0. The van der Waals surface area contributed by atoms with E-state index in [2.05, 4.69) is 39.1 Å². The van der Waals surface area contributed by atoms with E-state index in [0.29, 0.717) is 38.5 Å². The lowest BCUT2D eigenvalue weighted by atomic mass is 9.37. The molecule has 0 heterocycles. The van der Waals surface area contributed by atoms with Crippen molar-refractivity contribution in [2.45, 2.75) is 119 Å². The Balaban J connectivity index is 0.00000151. The zero-order valence-electron chi connectivity index (χ0n) is 25.0. The number of amides is 1. The molecule has 5 nitrogen and oxygen atoms in total. The first-order valence-electron chi connectivity index (χ1n) is 15.1. The topological polar surface area (TPSA) is 87.0 Å². The van der Waals surface area contributed by atoms with Gasteiger partial charge in [0.15, 0.2) is 5.78 Å². The van der Waals surface area contributed by atoms with E-state index >= 15 is 0 Å². The molecule has 4 saturated carbocycles. The van der Waals surface area contributed by atoms with Gasteiger partial charge in [0, 0.05) is 23.8 Å². The Morgan fingerprint density at radius 1 is 1.00 bits per heavy atom. The maximum absolute atomic E-state index is 14.1. The second-order valence-corrected chi connectivity index (χ2v) is 14.3. The van der Waals surface area contributed by atoms with Gasteiger partial charge in [-0.3, -0.25) is 14.4 Å². The Hall–Kier alpha value is -2.17. The van der Waals surface area contributed by atoms with Gasteiger partial charge in [-0.25, -0.2) is 0 Å². The number of halogens is 3. The Morgan fingerprint density at radius 3 is 2.20 bits per heavy atom. The van der Waals surface area contributed by atoms with Crippen molar-refractivity contribution in [2.24, 2.45) is 51.8 Å². The molecule has 5 rings (SSSR count). The maximum atomic E-state index is 14.1.